The van der Waals surface area contributed by atoms with E-state index in [2.05, 4.69) is 5.32 Å². The highest BCUT2D eigenvalue weighted by Crippen LogP contribution is 2.26. The quantitative estimate of drug-likeness (QED) is 0.436. The molecule has 0 saturated carbocycles. The predicted octanol–water partition coefficient (Wildman–Crippen LogP) is 3.64. The van der Waals surface area contributed by atoms with Crippen molar-refractivity contribution < 1.29 is 13.9 Å². The minimum absolute atomic E-state index is 0.115. The first kappa shape index (κ1) is 16.8. The Bertz CT molecular complexity index is 1170. The third kappa shape index (κ3) is 3.67. The van der Waals surface area contributed by atoms with Crippen molar-refractivity contribution in [1.29, 1.82) is 0 Å². The summed E-state index contributed by atoms with van der Waals surface area (Å²) >= 11 is 0. The molecular formula is C22H17NO4. The van der Waals surface area contributed by atoms with Crippen molar-refractivity contribution in [3.63, 3.8) is 0 Å². The van der Waals surface area contributed by atoms with Gasteiger partial charge in [-0.05, 0) is 29.1 Å². The van der Waals surface area contributed by atoms with Crippen LogP contribution in [0.3, 0.4) is 0 Å². The van der Waals surface area contributed by atoms with Crippen LogP contribution in [0.15, 0.2) is 82.0 Å². The van der Waals surface area contributed by atoms with Crippen LogP contribution in [0.25, 0.3) is 21.7 Å². The lowest BCUT2D eigenvalue weighted by Gasteiger charge is -2.09. The molecule has 0 aliphatic carbocycles. The smallest absolute Gasteiger partial charge is 0.344 e. The van der Waals surface area contributed by atoms with Crippen LogP contribution in [0.2, 0.25) is 0 Å². The van der Waals surface area contributed by atoms with Gasteiger partial charge in [-0.25, -0.2) is 4.79 Å². The van der Waals surface area contributed by atoms with E-state index in [0.29, 0.717) is 23.3 Å². The summed E-state index contributed by atoms with van der Waals surface area (Å²) in [7, 11) is 0. The number of rotatable bonds is 5. The highest BCUT2D eigenvalue weighted by molar-refractivity contribution is 6.04. The number of carbonyl (C=O) groups excluding carboxylic acids is 1. The number of fused-ring (bicyclic) bond motifs is 3. The van der Waals surface area contributed by atoms with Gasteiger partial charge in [-0.3, -0.25) is 4.79 Å². The van der Waals surface area contributed by atoms with Gasteiger partial charge in [0, 0.05) is 18.0 Å². The SMILES string of the molecule is O=C(COc1ccc2c(c1)oc(=O)c1ccccc12)NCc1ccccc1. The summed E-state index contributed by atoms with van der Waals surface area (Å²) in [5.74, 6) is 0.245. The molecule has 0 aliphatic heterocycles. The van der Waals surface area contributed by atoms with Gasteiger partial charge in [0.05, 0.1) is 5.39 Å². The summed E-state index contributed by atoms with van der Waals surface area (Å²) < 4.78 is 10.9. The molecule has 0 bridgehead atoms. The Hall–Kier alpha value is -3.60. The first-order valence-corrected chi connectivity index (χ1v) is 8.60. The van der Waals surface area contributed by atoms with Crippen molar-refractivity contribution in [1.82, 2.24) is 5.32 Å². The molecule has 1 heterocycles. The van der Waals surface area contributed by atoms with Crippen LogP contribution in [-0.2, 0) is 11.3 Å². The maximum atomic E-state index is 12.1. The Kier molecular flexibility index (Phi) is 4.58. The largest absolute Gasteiger partial charge is 0.484 e. The summed E-state index contributed by atoms with van der Waals surface area (Å²) in [6, 6.07) is 22.2. The Morgan fingerprint density at radius 3 is 2.44 bits per heavy atom. The van der Waals surface area contributed by atoms with Crippen LogP contribution in [0.1, 0.15) is 5.56 Å². The second-order valence-corrected chi connectivity index (χ2v) is 6.14. The van der Waals surface area contributed by atoms with Crippen LogP contribution in [0.4, 0.5) is 0 Å². The van der Waals surface area contributed by atoms with E-state index in [1.807, 2.05) is 48.5 Å². The fourth-order valence-electron chi connectivity index (χ4n) is 2.95. The van der Waals surface area contributed by atoms with Crippen LogP contribution < -0.4 is 15.7 Å². The summed E-state index contributed by atoms with van der Waals surface area (Å²) in [6.45, 7) is 0.331. The fourth-order valence-corrected chi connectivity index (χ4v) is 2.95. The van der Waals surface area contributed by atoms with Gasteiger partial charge in [-0.2, -0.15) is 0 Å². The molecule has 4 aromatic rings. The molecule has 5 nitrogen and oxygen atoms in total. The van der Waals surface area contributed by atoms with Crippen LogP contribution in [0.5, 0.6) is 5.75 Å². The molecule has 5 heteroatoms. The molecule has 3 aromatic carbocycles. The molecule has 0 fully saturated rings. The van der Waals surface area contributed by atoms with E-state index >= 15 is 0 Å². The molecule has 1 amide bonds. The highest BCUT2D eigenvalue weighted by Gasteiger charge is 2.09. The first-order valence-electron chi connectivity index (χ1n) is 8.60. The third-order valence-electron chi connectivity index (χ3n) is 4.30. The minimum Gasteiger partial charge on any atom is -0.484 e. The van der Waals surface area contributed by atoms with Gasteiger partial charge in [-0.15, -0.1) is 0 Å². The summed E-state index contributed by atoms with van der Waals surface area (Å²) in [5.41, 5.74) is 1.06. The molecule has 1 aromatic heterocycles. The molecule has 0 atom stereocenters. The average Bonchev–Trinajstić information content (AvgIpc) is 2.71. The fraction of sp³-hybridized carbons (Fsp3) is 0.0909. The molecule has 0 radical (unpaired) electrons. The number of benzene rings is 3. The Balaban J connectivity index is 1.47. The molecule has 0 saturated heterocycles. The molecule has 1 N–H and O–H groups in total. The number of hydrogen-bond donors (Lipinski definition) is 1. The topological polar surface area (TPSA) is 68.5 Å². The van der Waals surface area contributed by atoms with Gasteiger partial charge in [0.2, 0.25) is 0 Å². The monoisotopic (exact) mass is 359 g/mol. The second kappa shape index (κ2) is 7.33. The van der Waals surface area contributed by atoms with Gasteiger partial charge < -0.3 is 14.5 Å². The van der Waals surface area contributed by atoms with Gasteiger partial charge >= 0.3 is 5.63 Å². The lowest BCUT2D eigenvalue weighted by molar-refractivity contribution is -0.123. The van der Waals surface area contributed by atoms with Crippen molar-refractivity contribution in [2.24, 2.45) is 0 Å². The zero-order valence-electron chi connectivity index (χ0n) is 14.5. The average molecular weight is 359 g/mol. The lowest BCUT2D eigenvalue weighted by Crippen LogP contribution is -2.28. The molecule has 4 rings (SSSR count). The molecule has 134 valence electrons. The highest BCUT2D eigenvalue weighted by atomic mass is 16.5. The number of hydrogen-bond acceptors (Lipinski definition) is 4. The summed E-state index contributed by atoms with van der Waals surface area (Å²) in [5, 5.41) is 5.00. The van der Waals surface area contributed by atoms with Crippen molar-refractivity contribution in [3.8, 4) is 5.75 Å². The number of amides is 1. The van der Waals surface area contributed by atoms with E-state index in [1.54, 1.807) is 24.3 Å². The van der Waals surface area contributed by atoms with Gasteiger partial charge in [0.15, 0.2) is 6.61 Å². The van der Waals surface area contributed by atoms with Crippen LogP contribution >= 0.6 is 0 Å². The zero-order valence-corrected chi connectivity index (χ0v) is 14.5. The third-order valence-corrected chi connectivity index (χ3v) is 4.30. The van der Waals surface area contributed by atoms with E-state index in [-0.39, 0.29) is 12.5 Å². The maximum absolute atomic E-state index is 12.1. The summed E-state index contributed by atoms with van der Waals surface area (Å²) in [6.07, 6.45) is 0. The van der Waals surface area contributed by atoms with E-state index < -0.39 is 5.63 Å². The van der Waals surface area contributed by atoms with E-state index in [4.69, 9.17) is 9.15 Å². The maximum Gasteiger partial charge on any atom is 0.344 e. The van der Waals surface area contributed by atoms with E-state index in [0.717, 1.165) is 16.3 Å². The standard InChI is InChI=1S/C22H17NO4/c24-21(23-13-15-6-2-1-3-7-15)14-26-16-10-11-18-17-8-4-5-9-19(17)22(25)27-20(18)12-16/h1-12H,13-14H2,(H,23,24). The minimum atomic E-state index is -0.393. The molecule has 27 heavy (non-hydrogen) atoms. The van der Waals surface area contributed by atoms with Gasteiger partial charge in [0.1, 0.15) is 11.3 Å². The van der Waals surface area contributed by atoms with Crippen molar-refractivity contribution in [2.75, 3.05) is 6.61 Å². The second-order valence-electron chi connectivity index (χ2n) is 6.14. The zero-order chi connectivity index (χ0) is 18.6. The summed E-state index contributed by atoms with van der Waals surface area (Å²) in [4.78, 5) is 24.1. The Labute approximate surface area is 155 Å². The van der Waals surface area contributed by atoms with E-state index in [1.165, 1.54) is 0 Å². The Morgan fingerprint density at radius 1 is 0.889 bits per heavy atom. The molecule has 0 unspecified atom stereocenters. The van der Waals surface area contributed by atoms with Crippen molar-refractivity contribution >= 4 is 27.6 Å². The molecule has 0 aliphatic rings. The number of nitrogens with one attached hydrogen (secondary N) is 1. The van der Waals surface area contributed by atoms with E-state index in [9.17, 15) is 9.59 Å². The number of ether oxygens (including phenoxy) is 1. The number of carbonyl (C=O) groups is 1. The first-order chi connectivity index (χ1) is 13.2. The van der Waals surface area contributed by atoms with Crippen LogP contribution in [-0.4, -0.2) is 12.5 Å². The molecule has 0 spiro atoms. The van der Waals surface area contributed by atoms with Crippen LogP contribution in [0, 0.1) is 0 Å². The van der Waals surface area contributed by atoms with Crippen molar-refractivity contribution in [2.45, 2.75) is 6.54 Å². The van der Waals surface area contributed by atoms with Gasteiger partial charge in [-0.1, -0.05) is 48.5 Å². The molecular weight excluding hydrogens is 342 g/mol. The van der Waals surface area contributed by atoms with Crippen molar-refractivity contribution in [3.05, 3.63) is 88.8 Å². The van der Waals surface area contributed by atoms with Gasteiger partial charge in [0.25, 0.3) is 5.91 Å². The predicted molar refractivity (Wildman–Crippen MR) is 104 cm³/mol. The lowest BCUT2D eigenvalue weighted by atomic mass is 10.1. The normalized spacial score (nSPS) is 10.8. The Morgan fingerprint density at radius 2 is 1.63 bits per heavy atom.